The molecule has 0 N–H and O–H groups in total. The lowest BCUT2D eigenvalue weighted by molar-refractivity contribution is -0.688. The Morgan fingerprint density at radius 3 is 1.00 bits per heavy atom. The minimum atomic E-state index is 0.438. The molecule has 0 unspecified atom stereocenters. The van der Waals surface area contributed by atoms with Gasteiger partial charge in [0.15, 0.2) is 37.9 Å². The number of rotatable bonds is 19. The van der Waals surface area contributed by atoms with E-state index in [0.717, 1.165) is 47.3 Å². The average Bonchev–Trinajstić information content (AvgIpc) is 3.20. The van der Waals surface area contributed by atoms with E-state index >= 15 is 0 Å². The minimum Gasteiger partial charge on any atom is -0.491 e. The highest BCUT2D eigenvalue weighted by molar-refractivity contribution is 5.44. The van der Waals surface area contributed by atoms with Gasteiger partial charge in [0.2, 0.25) is 0 Å². The first-order valence-corrected chi connectivity index (χ1v) is 17.3. The summed E-state index contributed by atoms with van der Waals surface area (Å²) in [5.41, 5.74) is 5.52. The molecule has 2 aromatic heterocycles. The van der Waals surface area contributed by atoms with Crippen LogP contribution in [0.3, 0.4) is 0 Å². The maximum absolute atomic E-state index is 5.78. The summed E-state index contributed by atoms with van der Waals surface area (Å²) in [5.74, 6) is 1.50. The van der Waals surface area contributed by atoms with Gasteiger partial charge in [0.05, 0.1) is 49.2 Å². The first-order valence-electron chi connectivity index (χ1n) is 17.3. The summed E-state index contributed by atoms with van der Waals surface area (Å²) in [5, 5.41) is 17.4. The van der Waals surface area contributed by atoms with Gasteiger partial charge in [-0.25, -0.2) is 9.13 Å². The Morgan fingerprint density at radius 1 is 0.346 bits per heavy atom. The minimum absolute atomic E-state index is 0.438. The van der Waals surface area contributed by atoms with Crippen molar-refractivity contribution < 1.29 is 28.1 Å². The molecule has 6 rings (SSSR count). The molecule has 0 aliphatic heterocycles. The molecular formula is C42H42N6O4+2. The Bertz CT molecular complexity index is 1810. The highest BCUT2D eigenvalue weighted by atomic mass is 16.6. The molecule has 10 heteroatoms. The first-order chi connectivity index (χ1) is 25.7. The summed E-state index contributed by atoms with van der Waals surface area (Å²) in [6, 6.07) is 43.3. The van der Waals surface area contributed by atoms with E-state index in [0.29, 0.717) is 39.6 Å². The molecule has 0 amide bonds. The fraction of sp³-hybridized carbons (Fsp3) is 0.190. The Hall–Kier alpha value is -6.10. The maximum Gasteiger partial charge on any atom is 0.173 e. The van der Waals surface area contributed by atoms with Gasteiger partial charge < -0.3 is 18.9 Å². The Morgan fingerprint density at radius 2 is 0.654 bits per heavy atom. The van der Waals surface area contributed by atoms with E-state index in [-0.39, 0.29) is 0 Å². The first kappa shape index (κ1) is 35.7. The fourth-order valence-electron chi connectivity index (χ4n) is 5.05. The molecule has 0 fully saturated rings. The Kier molecular flexibility index (Phi) is 13.7. The van der Waals surface area contributed by atoms with Gasteiger partial charge in [0, 0.05) is 35.4 Å². The van der Waals surface area contributed by atoms with Crippen LogP contribution in [-0.4, -0.2) is 39.6 Å². The smallest absolute Gasteiger partial charge is 0.173 e. The van der Waals surface area contributed by atoms with Gasteiger partial charge in [-0.05, 0) is 72.8 Å². The zero-order valence-electron chi connectivity index (χ0n) is 29.0. The number of hydrogen-bond donors (Lipinski definition) is 0. The number of aromatic nitrogens is 2. The highest BCUT2D eigenvalue weighted by Gasteiger charge is 2.03. The van der Waals surface area contributed by atoms with E-state index in [1.54, 1.807) is 0 Å². The standard InChI is InChI=1S/C42H42N6O4/c1-3-23-47(24-4-1)33-35-7-11-37(12-8-35)43-45-39-15-19-41(20-16-39)51-31-29-49-27-28-50-30-32-52-42-21-17-40(18-22-42)46-44-38-13-9-36(10-14-38)34-48-25-5-2-6-26-48/h1-26H,27-34H2/q+2. The molecule has 0 aliphatic rings. The summed E-state index contributed by atoms with van der Waals surface area (Å²) < 4.78 is 27.1. The molecule has 0 aliphatic carbocycles. The van der Waals surface area contributed by atoms with Crippen LogP contribution in [0, 0.1) is 0 Å². The molecule has 52 heavy (non-hydrogen) atoms. The summed E-state index contributed by atoms with van der Waals surface area (Å²) in [6.45, 7) is 4.38. The Labute approximate surface area is 304 Å². The third-order valence-corrected chi connectivity index (χ3v) is 7.76. The summed E-state index contributed by atoms with van der Waals surface area (Å²) in [7, 11) is 0. The van der Waals surface area contributed by atoms with Gasteiger partial charge in [-0.15, -0.1) is 0 Å². The topological polar surface area (TPSA) is 94.1 Å². The molecule has 4 aromatic carbocycles. The summed E-state index contributed by atoms with van der Waals surface area (Å²) in [6.07, 6.45) is 8.20. The predicted molar refractivity (Wildman–Crippen MR) is 198 cm³/mol. The zero-order chi connectivity index (χ0) is 35.5. The second-order valence-electron chi connectivity index (χ2n) is 11.7. The molecule has 6 aromatic rings. The van der Waals surface area contributed by atoms with Gasteiger partial charge in [0.25, 0.3) is 0 Å². The molecule has 0 atom stereocenters. The number of azo groups is 2. The lowest BCUT2D eigenvalue weighted by atomic mass is 10.2. The monoisotopic (exact) mass is 694 g/mol. The third kappa shape index (κ3) is 12.3. The maximum atomic E-state index is 5.78. The largest absolute Gasteiger partial charge is 0.491 e. The summed E-state index contributed by atoms with van der Waals surface area (Å²) >= 11 is 0. The normalized spacial score (nSPS) is 11.3. The predicted octanol–water partition coefficient (Wildman–Crippen LogP) is 8.68. The second kappa shape index (κ2) is 19.9. The van der Waals surface area contributed by atoms with Gasteiger partial charge in [0.1, 0.15) is 24.7 Å². The lowest BCUT2D eigenvalue weighted by Gasteiger charge is -2.09. The number of pyridine rings is 2. The molecule has 0 saturated carbocycles. The second-order valence-corrected chi connectivity index (χ2v) is 11.7. The van der Waals surface area contributed by atoms with Gasteiger partial charge in [-0.1, -0.05) is 36.4 Å². The van der Waals surface area contributed by atoms with Crippen LogP contribution < -0.4 is 18.6 Å². The van der Waals surface area contributed by atoms with Crippen molar-refractivity contribution in [2.24, 2.45) is 20.5 Å². The SMILES string of the molecule is c1cc[n+](Cc2ccc(N=Nc3ccc(OCCOCCOCCOc4ccc(N=Nc5ccc(C[n+]6ccccc6)cc5)cc4)cc3)cc2)cc1. The van der Waals surface area contributed by atoms with Gasteiger partial charge in [-0.3, -0.25) is 0 Å². The highest BCUT2D eigenvalue weighted by Crippen LogP contribution is 2.23. The molecule has 0 bridgehead atoms. The van der Waals surface area contributed by atoms with E-state index in [2.05, 4.69) is 78.6 Å². The molecular weight excluding hydrogens is 652 g/mol. The Balaban J connectivity index is 0.784. The van der Waals surface area contributed by atoms with Crippen molar-refractivity contribution in [2.45, 2.75) is 13.1 Å². The van der Waals surface area contributed by atoms with Crippen molar-refractivity contribution in [2.75, 3.05) is 39.6 Å². The van der Waals surface area contributed by atoms with Crippen LogP contribution in [-0.2, 0) is 22.6 Å². The van der Waals surface area contributed by atoms with Crippen LogP contribution in [0.1, 0.15) is 11.1 Å². The van der Waals surface area contributed by atoms with Crippen molar-refractivity contribution in [1.82, 2.24) is 0 Å². The van der Waals surface area contributed by atoms with Crippen LogP contribution in [0.4, 0.5) is 22.7 Å². The van der Waals surface area contributed by atoms with Crippen molar-refractivity contribution in [3.8, 4) is 11.5 Å². The van der Waals surface area contributed by atoms with Crippen LogP contribution in [0.15, 0.2) is 179 Å². The summed E-state index contributed by atoms with van der Waals surface area (Å²) in [4.78, 5) is 0. The van der Waals surface area contributed by atoms with Crippen LogP contribution in [0.25, 0.3) is 0 Å². The molecule has 262 valence electrons. The van der Waals surface area contributed by atoms with Crippen molar-refractivity contribution in [1.29, 1.82) is 0 Å². The number of hydrogen-bond acceptors (Lipinski definition) is 8. The van der Waals surface area contributed by atoms with Crippen LogP contribution in [0.2, 0.25) is 0 Å². The van der Waals surface area contributed by atoms with E-state index in [1.807, 2.05) is 109 Å². The van der Waals surface area contributed by atoms with Crippen molar-refractivity contribution in [3.05, 3.63) is 169 Å². The van der Waals surface area contributed by atoms with Crippen molar-refractivity contribution >= 4 is 22.7 Å². The van der Waals surface area contributed by atoms with E-state index in [1.165, 1.54) is 11.1 Å². The molecule has 10 nitrogen and oxygen atoms in total. The zero-order valence-corrected chi connectivity index (χ0v) is 29.0. The fourth-order valence-corrected chi connectivity index (χ4v) is 5.05. The quantitative estimate of drug-likeness (QED) is 0.0482. The van der Waals surface area contributed by atoms with E-state index < -0.39 is 0 Å². The van der Waals surface area contributed by atoms with Gasteiger partial charge >= 0.3 is 0 Å². The third-order valence-electron chi connectivity index (χ3n) is 7.76. The van der Waals surface area contributed by atoms with E-state index in [4.69, 9.17) is 18.9 Å². The van der Waals surface area contributed by atoms with Gasteiger partial charge in [-0.2, -0.15) is 20.5 Å². The lowest BCUT2D eigenvalue weighted by Crippen LogP contribution is -2.32. The number of benzene rings is 4. The van der Waals surface area contributed by atoms with Crippen LogP contribution >= 0.6 is 0 Å². The average molecular weight is 695 g/mol. The van der Waals surface area contributed by atoms with E-state index in [9.17, 15) is 0 Å². The van der Waals surface area contributed by atoms with Crippen molar-refractivity contribution in [3.63, 3.8) is 0 Å². The molecule has 0 saturated heterocycles. The number of nitrogens with zero attached hydrogens (tertiary/aromatic N) is 6. The number of ether oxygens (including phenoxy) is 4. The molecule has 0 spiro atoms. The molecule has 0 radical (unpaired) electrons. The van der Waals surface area contributed by atoms with Crippen LogP contribution in [0.5, 0.6) is 11.5 Å². The molecule has 2 heterocycles.